The lowest BCUT2D eigenvalue weighted by molar-refractivity contribution is 1.28. The van der Waals surface area contributed by atoms with Crippen molar-refractivity contribution in [3.05, 3.63) is 400 Å². The molecule has 4 heteroatoms. The third-order valence-corrected chi connectivity index (χ3v) is 17.4. The molecule has 94 heavy (non-hydrogen) atoms. The van der Waals surface area contributed by atoms with Gasteiger partial charge in [-0.05, 0) is 212 Å². The molecule has 0 atom stereocenters. The summed E-state index contributed by atoms with van der Waals surface area (Å²) in [5.41, 5.74) is 26.9. The maximum absolute atomic E-state index is 3.19. The van der Waals surface area contributed by atoms with Crippen LogP contribution in [0.3, 0.4) is 0 Å². The largest absolute Gasteiger partial charge is 0.311 e. The molecule has 0 bridgehead atoms. The van der Waals surface area contributed by atoms with E-state index in [0.29, 0.717) is 0 Å². The minimum atomic E-state index is 1.01. The summed E-state index contributed by atoms with van der Waals surface area (Å²) in [6.07, 6.45) is 0. The number of nitrogens with zero attached hydrogens (tertiary/aromatic N) is 4. The Balaban J connectivity index is 0.628. The topological polar surface area (TPSA) is 13.0 Å². The van der Waals surface area contributed by atoms with Crippen molar-refractivity contribution in [2.45, 2.75) is 0 Å². The van der Waals surface area contributed by atoms with Crippen LogP contribution in [-0.2, 0) is 0 Å². The molecule has 0 amide bonds. The number of anilines is 12. The fourth-order valence-corrected chi connectivity index (χ4v) is 12.5. The molecule has 444 valence electrons. The van der Waals surface area contributed by atoms with Gasteiger partial charge in [-0.15, -0.1) is 0 Å². The molecule has 0 saturated heterocycles. The lowest BCUT2D eigenvalue weighted by Gasteiger charge is -2.26. The Hall–Kier alpha value is -12.7. The second-order valence-corrected chi connectivity index (χ2v) is 23.2. The zero-order valence-corrected chi connectivity index (χ0v) is 51.7. The molecule has 15 rings (SSSR count). The van der Waals surface area contributed by atoms with E-state index in [-0.39, 0.29) is 0 Å². The first-order chi connectivity index (χ1) is 46.6. The molecule has 0 aliphatic heterocycles. The molecule has 0 fully saturated rings. The molecule has 4 nitrogen and oxygen atoms in total. The number of hydrogen-bond donors (Lipinski definition) is 0. The van der Waals surface area contributed by atoms with Gasteiger partial charge in [0.15, 0.2) is 0 Å². The fourth-order valence-electron chi connectivity index (χ4n) is 12.5. The summed E-state index contributed by atoms with van der Waals surface area (Å²) in [6.45, 7) is 0. The minimum Gasteiger partial charge on any atom is -0.311 e. The van der Waals surface area contributed by atoms with Crippen LogP contribution >= 0.6 is 0 Å². The first-order valence-corrected chi connectivity index (χ1v) is 31.9. The lowest BCUT2D eigenvalue weighted by atomic mass is 9.99. The van der Waals surface area contributed by atoms with Gasteiger partial charge in [0.1, 0.15) is 0 Å². The van der Waals surface area contributed by atoms with E-state index in [9.17, 15) is 0 Å². The minimum absolute atomic E-state index is 1.01. The fraction of sp³-hybridized carbons (Fsp3) is 0. The average Bonchev–Trinajstić information content (AvgIpc) is 0.950. The van der Waals surface area contributed by atoms with E-state index in [1.807, 2.05) is 12.1 Å². The van der Waals surface area contributed by atoms with Crippen molar-refractivity contribution >= 4 is 68.2 Å². The first-order valence-electron chi connectivity index (χ1n) is 31.9. The number of benzene rings is 14. The van der Waals surface area contributed by atoms with E-state index < -0.39 is 0 Å². The van der Waals surface area contributed by atoms with Crippen molar-refractivity contribution in [2.75, 3.05) is 19.6 Å². The van der Waals surface area contributed by atoms with Gasteiger partial charge in [0, 0.05) is 68.6 Å². The molecule has 0 spiro atoms. The Kier molecular flexibility index (Phi) is 16.5. The van der Waals surface area contributed by atoms with Gasteiger partial charge in [-0.1, -0.05) is 249 Å². The molecule has 0 aliphatic rings. The Morgan fingerprint density at radius 2 is 0.287 bits per heavy atom. The van der Waals surface area contributed by atoms with Gasteiger partial charge in [0.05, 0.1) is 5.69 Å². The molecule has 0 aliphatic carbocycles. The summed E-state index contributed by atoms with van der Waals surface area (Å²) in [5, 5.41) is 0. The third kappa shape index (κ3) is 12.5. The highest BCUT2D eigenvalue weighted by Crippen LogP contribution is 2.42. The van der Waals surface area contributed by atoms with Crippen LogP contribution in [0.2, 0.25) is 0 Å². The zero-order valence-electron chi connectivity index (χ0n) is 51.7. The van der Waals surface area contributed by atoms with E-state index in [0.717, 1.165) is 113 Å². The van der Waals surface area contributed by atoms with Crippen molar-refractivity contribution in [3.63, 3.8) is 0 Å². The maximum atomic E-state index is 3.19. The molecule has 0 aromatic heterocycles. The van der Waals surface area contributed by atoms with Gasteiger partial charge in [0.25, 0.3) is 0 Å². The maximum Gasteiger partial charge on any atom is 0.0551 e. The first kappa shape index (κ1) is 57.7. The number of rotatable bonds is 18. The molecule has 15 aromatic carbocycles. The molecular weight excluding hydrogens is 1140 g/mol. The van der Waals surface area contributed by atoms with Crippen molar-refractivity contribution in [1.82, 2.24) is 0 Å². The summed E-state index contributed by atoms with van der Waals surface area (Å²) < 4.78 is 0. The smallest absolute Gasteiger partial charge is 0.0551 e. The van der Waals surface area contributed by atoms with Gasteiger partial charge in [0.2, 0.25) is 0 Å². The number of para-hydroxylation sites is 3. The molecule has 0 N–H and O–H groups in total. The van der Waals surface area contributed by atoms with Crippen LogP contribution in [0.5, 0.6) is 0 Å². The Morgan fingerprint density at radius 3 is 0.479 bits per heavy atom. The summed E-state index contributed by atoms with van der Waals surface area (Å²) in [7, 11) is 0. The van der Waals surface area contributed by atoms with Crippen LogP contribution in [0, 0.1) is 12.1 Å². The van der Waals surface area contributed by atoms with Crippen molar-refractivity contribution in [3.8, 4) is 66.8 Å². The Labute approximate surface area is 551 Å². The third-order valence-electron chi connectivity index (χ3n) is 17.4. The standard InChI is InChI=1S/C90H64N4/c1-7-19-67(20-8-1)71-35-51-83(52-36-71)91(79-23-11-3-12-24-79)87-59-43-75(44-60-87)77-47-63-89(64-48-77)93(81-27-15-5-16-28-81)85-55-39-73(40-56-85)69-31-33-70(34-32-69)74-41-57-86(58-42-74)94(82-29-17-6-18-30-82)90-65-49-78(50-66-90)76-45-61-88(62-46-76)92(80-25-13-4-14-26-80)84-53-37-72(38-54-84)68-21-9-2-10-22-68/h1-5,7-17,19-66H. The van der Waals surface area contributed by atoms with Crippen molar-refractivity contribution < 1.29 is 0 Å². The second kappa shape index (κ2) is 26.8. The van der Waals surface area contributed by atoms with Crippen LogP contribution in [0.25, 0.3) is 66.8 Å². The molecule has 0 heterocycles. The summed E-state index contributed by atoms with van der Waals surface area (Å²) in [4.78, 5) is 9.22. The summed E-state index contributed by atoms with van der Waals surface area (Å²) in [5.74, 6) is 0. The average molecular weight is 1200 g/mol. The van der Waals surface area contributed by atoms with E-state index in [2.05, 4.69) is 408 Å². The van der Waals surface area contributed by atoms with Crippen molar-refractivity contribution in [1.29, 1.82) is 0 Å². The van der Waals surface area contributed by atoms with Crippen LogP contribution in [0.15, 0.2) is 388 Å². The van der Waals surface area contributed by atoms with Gasteiger partial charge in [-0.3, -0.25) is 0 Å². The summed E-state index contributed by atoms with van der Waals surface area (Å²) >= 11 is 0. The second-order valence-electron chi connectivity index (χ2n) is 23.2. The number of hydrogen-bond acceptors (Lipinski definition) is 4. The van der Waals surface area contributed by atoms with E-state index in [4.69, 9.17) is 0 Å². The monoisotopic (exact) mass is 1200 g/mol. The van der Waals surface area contributed by atoms with Crippen LogP contribution in [0.1, 0.15) is 0 Å². The van der Waals surface area contributed by atoms with Crippen LogP contribution < -0.4 is 19.6 Å². The highest BCUT2D eigenvalue weighted by molar-refractivity contribution is 5.86. The molecule has 0 unspecified atom stereocenters. The predicted molar refractivity (Wildman–Crippen MR) is 395 cm³/mol. The van der Waals surface area contributed by atoms with Gasteiger partial charge in [-0.25, -0.2) is 0 Å². The van der Waals surface area contributed by atoms with Crippen LogP contribution in [-0.4, -0.2) is 0 Å². The molecular formula is C90H64N4. The quantitative estimate of drug-likeness (QED) is 0.0849. The van der Waals surface area contributed by atoms with Gasteiger partial charge < -0.3 is 19.6 Å². The van der Waals surface area contributed by atoms with Crippen molar-refractivity contribution in [2.24, 2.45) is 0 Å². The SMILES string of the molecule is c1ccc(N(c2ccc(-c3ccc(-c4ccc(N(c5ccccc5)c5ccc(-c6ccc(N(c7ccccc7)c7ccc(-c8ccccc8)cc7)cc6)cc5)cc4)cc3)cc2)c2ccc(-c3ccc(N(c4ccccc4)c4ccc(-c5ccccc5)cc4)cc3)cc2)cc#1. The highest BCUT2D eigenvalue weighted by Gasteiger charge is 2.19. The lowest BCUT2D eigenvalue weighted by Crippen LogP contribution is -2.10. The van der Waals surface area contributed by atoms with Gasteiger partial charge in [-0.2, -0.15) is 0 Å². The highest BCUT2D eigenvalue weighted by atomic mass is 15.2. The molecule has 0 radical (unpaired) electrons. The van der Waals surface area contributed by atoms with E-state index in [1.54, 1.807) is 0 Å². The van der Waals surface area contributed by atoms with E-state index in [1.165, 1.54) is 22.3 Å². The Bertz CT molecular complexity index is 4560. The van der Waals surface area contributed by atoms with Gasteiger partial charge >= 0.3 is 0 Å². The van der Waals surface area contributed by atoms with E-state index >= 15 is 0 Å². The zero-order chi connectivity index (χ0) is 62.8. The normalized spacial score (nSPS) is 10.9. The van der Waals surface area contributed by atoms with Crippen LogP contribution in [0.4, 0.5) is 68.2 Å². The molecule has 15 aromatic rings. The summed E-state index contributed by atoms with van der Waals surface area (Å²) in [6, 6.07) is 145. The predicted octanol–water partition coefficient (Wildman–Crippen LogP) is 25.2. The molecule has 0 saturated carbocycles. The Morgan fingerprint density at radius 1 is 0.128 bits per heavy atom.